The van der Waals surface area contributed by atoms with Crippen molar-refractivity contribution in [3.63, 3.8) is 0 Å². The average molecular weight is 361 g/mol. The molecule has 4 aromatic rings. The SMILES string of the molecule is COc1ccccc1-c1[nH]nc2ncc(-c3cccc(C(O)CO)c3)cc12. The summed E-state index contributed by atoms with van der Waals surface area (Å²) < 4.78 is 5.47. The van der Waals surface area contributed by atoms with Crippen molar-refractivity contribution >= 4 is 11.0 Å². The third-order valence-electron chi connectivity index (χ3n) is 4.56. The first-order valence-corrected chi connectivity index (χ1v) is 8.58. The number of pyridine rings is 1. The molecule has 0 aliphatic rings. The molecule has 0 aliphatic heterocycles. The van der Waals surface area contributed by atoms with Crippen molar-refractivity contribution in [3.05, 3.63) is 66.4 Å². The molecule has 6 nitrogen and oxygen atoms in total. The van der Waals surface area contributed by atoms with E-state index in [2.05, 4.69) is 15.2 Å². The van der Waals surface area contributed by atoms with Crippen LogP contribution in [0.3, 0.4) is 0 Å². The molecular weight excluding hydrogens is 342 g/mol. The van der Waals surface area contributed by atoms with Crippen LogP contribution in [0.15, 0.2) is 60.8 Å². The summed E-state index contributed by atoms with van der Waals surface area (Å²) in [5.74, 6) is 0.751. The van der Waals surface area contributed by atoms with Crippen molar-refractivity contribution in [3.8, 4) is 28.1 Å². The molecule has 0 aliphatic carbocycles. The van der Waals surface area contributed by atoms with E-state index in [4.69, 9.17) is 4.74 Å². The van der Waals surface area contributed by atoms with Crippen molar-refractivity contribution in [2.24, 2.45) is 0 Å². The molecule has 27 heavy (non-hydrogen) atoms. The van der Waals surface area contributed by atoms with E-state index in [9.17, 15) is 10.2 Å². The molecular formula is C21H19N3O3. The number of H-pyrrole nitrogens is 1. The lowest BCUT2D eigenvalue weighted by Gasteiger charge is -2.10. The fourth-order valence-electron chi connectivity index (χ4n) is 3.14. The third kappa shape index (κ3) is 3.16. The van der Waals surface area contributed by atoms with Crippen molar-refractivity contribution in [1.82, 2.24) is 15.2 Å². The number of aromatic amines is 1. The first kappa shape index (κ1) is 17.2. The fourth-order valence-corrected chi connectivity index (χ4v) is 3.14. The Hall–Kier alpha value is -3.22. The highest BCUT2D eigenvalue weighted by Crippen LogP contribution is 2.34. The van der Waals surface area contributed by atoms with Crippen molar-refractivity contribution in [1.29, 1.82) is 0 Å². The second kappa shape index (κ2) is 7.19. The predicted octanol–water partition coefficient (Wildman–Crippen LogP) is 3.33. The number of aliphatic hydroxyl groups is 2. The van der Waals surface area contributed by atoms with Gasteiger partial charge in [0.1, 0.15) is 11.9 Å². The van der Waals surface area contributed by atoms with Gasteiger partial charge in [0.25, 0.3) is 0 Å². The summed E-state index contributed by atoms with van der Waals surface area (Å²) in [5.41, 5.74) is 4.82. The number of fused-ring (bicyclic) bond motifs is 1. The highest BCUT2D eigenvalue weighted by Gasteiger charge is 2.14. The summed E-state index contributed by atoms with van der Waals surface area (Å²) in [6.45, 7) is -0.319. The van der Waals surface area contributed by atoms with E-state index in [-0.39, 0.29) is 6.61 Å². The quantitative estimate of drug-likeness (QED) is 0.507. The number of para-hydroxylation sites is 1. The lowest BCUT2D eigenvalue weighted by atomic mass is 10.0. The third-order valence-corrected chi connectivity index (χ3v) is 4.56. The minimum Gasteiger partial charge on any atom is -0.496 e. The van der Waals surface area contributed by atoms with Crippen molar-refractivity contribution in [2.75, 3.05) is 13.7 Å². The van der Waals surface area contributed by atoms with E-state index in [1.165, 1.54) is 0 Å². The molecule has 0 saturated carbocycles. The van der Waals surface area contributed by atoms with Gasteiger partial charge in [-0.05, 0) is 35.4 Å². The number of nitrogens with zero attached hydrogens (tertiary/aromatic N) is 2. The van der Waals surface area contributed by atoms with E-state index in [1.54, 1.807) is 19.4 Å². The van der Waals surface area contributed by atoms with E-state index in [0.29, 0.717) is 11.2 Å². The van der Waals surface area contributed by atoms with Crippen LogP contribution >= 0.6 is 0 Å². The number of hydrogen-bond donors (Lipinski definition) is 3. The molecule has 2 aromatic heterocycles. The highest BCUT2D eigenvalue weighted by molar-refractivity contribution is 5.94. The molecule has 0 saturated heterocycles. The number of aromatic nitrogens is 3. The Balaban J connectivity index is 1.84. The summed E-state index contributed by atoms with van der Waals surface area (Å²) in [6.07, 6.45) is 0.847. The van der Waals surface area contributed by atoms with Gasteiger partial charge in [0, 0.05) is 22.7 Å². The highest BCUT2D eigenvalue weighted by atomic mass is 16.5. The smallest absolute Gasteiger partial charge is 0.181 e. The first-order chi connectivity index (χ1) is 13.2. The van der Waals surface area contributed by atoms with Crippen LogP contribution < -0.4 is 4.74 Å². The van der Waals surface area contributed by atoms with Gasteiger partial charge < -0.3 is 14.9 Å². The molecule has 1 atom stereocenters. The Morgan fingerprint density at radius 3 is 2.74 bits per heavy atom. The second-order valence-corrected chi connectivity index (χ2v) is 6.22. The normalized spacial score (nSPS) is 12.3. The van der Waals surface area contributed by atoms with Gasteiger partial charge in [-0.1, -0.05) is 30.3 Å². The molecule has 0 radical (unpaired) electrons. The summed E-state index contributed by atoms with van der Waals surface area (Å²) in [5, 5.41) is 27.3. The van der Waals surface area contributed by atoms with Gasteiger partial charge >= 0.3 is 0 Å². The maximum Gasteiger partial charge on any atom is 0.181 e. The molecule has 0 spiro atoms. The van der Waals surface area contributed by atoms with Gasteiger partial charge in [-0.2, -0.15) is 5.10 Å². The van der Waals surface area contributed by atoms with Gasteiger partial charge in [-0.3, -0.25) is 5.10 Å². The fraction of sp³-hybridized carbons (Fsp3) is 0.143. The van der Waals surface area contributed by atoms with Crippen LogP contribution in [0.1, 0.15) is 11.7 Å². The molecule has 3 N–H and O–H groups in total. The summed E-state index contributed by atoms with van der Waals surface area (Å²) >= 11 is 0. The average Bonchev–Trinajstić information content (AvgIpc) is 3.16. The van der Waals surface area contributed by atoms with E-state index < -0.39 is 6.10 Å². The summed E-state index contributed by atoms with van der Waals surface area (Å²) in [7, 11) is 1.64. The van der Waals surface area contributed by atoms with Crippen molar-refractivity contribution in [2.45, 2.75) is 6.10 Å². The van der Waals surface area contributed by atoms with E-state index in [1.807, 2.05) is 48.5 Å². The second-order valence-electron chi connectivity index (χ2n) is 6.22. The monoisotopic (exact) mass is 361 g/mol. The zero-order valence-electron chi connectivity index (χ0n) is 14.8. The Bertz CT molecular complexity index is 1090. The summed E-state index contributed by atoms with van der Waals surface area (Å²) in [6, 6.07) is 17.2. The van der Waals surface area contributed by atoms with Gasteiger partial charge in [0.2, 0.25) is 0 Å². The molecule has 4 rings (SSSR count). The van der Waals surface area contributed by atoms with Crippen molar-refractivity contribution < 1.29 is 14.9 Å². The van der Waals surface area contributed by atoms with Crippen LogP contribution in [0.4, 0.5) is 0 Å². The number of aliphatic hydroxyl groups excluding tert-OH is 2. The number of nitrogens with one attached hydrogen (secondary N) is 1. The van der Waals surface area contributed by atoms with Gasteiger partial charge in [0.05, 0.1) is 19.4 Å². The maximum atomic E-state index is 9.90. The number of benzene rings is 2. The molecule has 2 aromatic carbocycles. The van der Waals surface area contributed by atoms with Gasteiger partial charge in [-0.25, -0.2) is 4.98 Å². The topological polar surface area (TPSA) is 91.3 Å². The maximum absolute atomic E-state index is 9.90. The Morgan fingerprint density at radius 2 is 1.93 bits per heavy atom. The zero-order valence-corrected chi connectivity index (χ0v) is 14.8. The number of ether oxygens (including phenoxy) is 1. The Labute approximate surface area is 156 Å². The van der Waals surface area contributed by atoms with Gasteiger partial charge in [-0.15, -0.1) is 0 Å². The largest absolute Gasteiger partial charge is 0.496 e. The molecule has 0 bridgehead atoms. The standard InChI is InChI=1S/C21H19N3O3/c1-27-19-8-3-2-7-16(19)20-17-10-15(11-22-21(17)24-23-20)13-5-4-6-14(9-13)18(26)12-25/h2-11,18,25-26H,12H2,1H3,(H,22,23,24). The van der Waals surface area contributed by atoms with Crippen LogP contribution in [0.2, 0.25) is 0 Å². The Kier molecular flexibility index (Phi) is 4.58. The minimum atomic E-state index is -0.903. The van der Waals surface area contributed by atoms with Crippen LogP contribution in [0, 0.1) is 0 Å². The van der Waals surface area contributed by atoms with E-state index in [0.717, 1.165) is 33.5 Å². The lowest BCUT2D eigenvalue weighted by molar-refractivity contribution is 0.0956. The zero-order chi connectivity index (χ0) is 18.8. The van der Waals surface area contributed by atoms with E-state index >= 15 is 0 Å². The number of methoxy groups -OCH3 is 1. The minimum absolute atomic E-state index is 0.319. The Morgan fingerprint density at radius 1 is 1.07 bits per heavy atom. The number of hydrogen-bond acceptors (Lipinski definition) is 5. The number of rotatable bonds is 5. The van der Waals surface area contributed by atoms with Crippen LogP contribution in [-0.4, -0.2) is 39.1 Å². The van der Waals surface area contributed by atoms with Crippen LogP contribution in [0.25, 0.3) is 33.4 Å². The van der Waals surface area contributed by atoms with Crippen LogP contribution in [0.5, 0.6) is 5.75 Å². The molecule has 0 fully saturated rings. The summed E-state index contributed by atoms with van der Waals surface area (Å²) in [4.78, 5) is 4.46. The molecule has 136 valence electrons. The molecule has 2 heterocycles. The molecule has 0 amide bonds. The van der Waals surface area contributed by atoms with Crippen LogP contribution in [-0.2, 0) is 0 Å². The predicted molar refractivity (Wildman–Crippen MR) is 103 cm³/mol. The molecule has 6 heteroatoms. The molecule has 1 unspecified atom stereocenters. The first-order valence-electron chi connectivity index (χ1n) is 8.58. The van der Waals surface area contributed by atoms with Gasteiger partial charge in [0.15, 0.2) is 5.65 Å². The lowest BCUT2D eigenvalue weighted by Crippen LogP contribution is -2.02.